The Hall–Kier alpha value is -1.28. The summed E-state index contributed by atoms with van der Waals surface area (Å²) in [5.41, 5.74) is 10.5. The van der Waals surface area contributed by atoms with E-state index in [9.17, 15) is 0 Å². The van der Waals surface area contributed by atoms with Crippen molar-refractivity contribution in [1.29, 1.82) is 0 Å². The fraction of sp³-hybridized carbons (Fsp3) is 0.467. The monoisotopic (exact) mass is 228 g/mol. The zero-order chi connectivity index (χ0) is 12.0. The molecular formula is C15H20N2. The minimum absolute atomic E-state index is 0.255. The van der Waals surface area contributed by atoms with E-state index in [1.807, 2.05) is 0 Å². The first-order valence-electron chi connectivity index (χ1n) is 6.44. The number of aryl methyl sites for hydroxylation is 1. The Labute approximate surface area is 102 Å². The highest BCUT2D eigenvalue weighted by Crippen LogP contribution is 2.47. The van der Waals surface area contributed by atoms with Gasteiger partial charge in [0.25, 0.3) is 0 Å². The fourth-order valence-electron chi connectivity index (χ4n) is 3.35. The van der Waals surface area contributed by atoms with E-state index >= 15 is 0 Å². The lowest BCUT2D eigenvalue weighted by Crippen LogP contribution is -2.42. The SMILES string of the molecule is Cc1c(C2(CN)CCC2)c2ccccc2n1C. The molecule has 0 bridgehead atoms. The molecule has 2 nitrogen and oxygen atoms in total. The minimum Gasteiger partial charge on any atom is -0.348 e. The van der Waals surface area contributed by atoms with Crippen molar-refractivity contribution in [2.45, 2.75) is 31.6 Å². The minimum atomic E-state index is 0.255. The van der Waals surface area contributed by atoms with Gasteiger partial charge in [-0.1, -0.05) is 24.6 Å². The average molecular weight is 228 g/mol. The molecule has 1 fully saturated rings. The normalized spacial score (nSPS) is 18.3. The second-order valence-corrected chi connectivity index (χ2v) is 5.37. The predicted octanol–water partition coefficient (Wildman–Crippen LogP) is 2.87. The molecule has 2 aromatic rings. The number of rotatable bonds is 2. The molecule has 0 atom stereocenters. The number of hydrogen-bond acceptors (Lipinski definition) is 1. The van der Waals surface area contributed by atoms with Crippen LogP contribution in [0.15, 0.2) is 24.3 Å². The number of nitrogens with two attached hydrogens (primary N) is 1. The van der Waals surface area contributed by atoms with E-state index in [1.165, 1.54) is 41.4 Å². The maximum Gasteiger partial charge on any atom is 0.0482 e. The Bertz CT molecular complexity index is 556. The molecule has 1 aromatic heterocycles. The van der Waals surface area contributed by atoms with Crippen molar-refractivity contribution in [1.82, 2.24) is 4.57 Å². The first-order valence-corrected chi connectivity index (χ1v) is 6.44. The van der Waals surface area contributed by atoms with Crippen LogP contribution in [0.5, 0.6) is 0 Å². The first kappa shape index (κ1) is 10.8. The molecule has 0 unspecified atom stereocenters. The Balaban J connectivity index is 2.32. The first-order chi connectivity index (χ1) is 8.19. The van der Waals surface area contributed by atoms with E-state index in [1.54, 1.807) is 0 Å². The van der Waals surface area contributed by atoms with Crippen molar-refractivity contribution in [3.63, 3.8) is 0 Å². The third kappa shape index (κ3) is 1.31. The maximum absolute atomic E-state index is 6.06. The molecule has 0 saturated heterocycles. The van der Waals surface area contributed by atoms with Crippen LogP contribution in [0, 0.1) is 6.92 Å². The average Bonchev–Trinajstić information content (AvgIpc) is 2.55. The summed E-state index contributed by atoms with van der Waals surface area (Å²) in [5.74, 6) is 0. The van der Waals surface area contributed by atoms with Crippen molar-refractivity contribution in [3.8, 4) is 0 Å². The van der Waals surface area contributed by atoms with Gasteiger partial charge in [-0.3, -0.25) is 0 Å². The Morgan fingerprint density at radius 2 is 2.00 bits per heavy atom. The Morgan fingerprint density at radius 1 is 1.29 bits per heavy atom. The maximum atomic E-state index is 6.06. The van der Waals surface area contributed by atoms with E-state index in [-0.39, 0.29) is 5.41 Å². The summed E-state index contributed by atoms with van der Waals surface area (Å²) in [6.07, 6.45) is 3.82. The van der Waals surface area contributed by atoms with E-state index < -0.39 is 0 Å². The van der Waals surface area contributed by atoms with Crippen LogP contribution in [0.2, 0.25) is 0 Å². The number of aromatic nitrogens is 1. The van der Waals surface area contributed by atoms with Gasteiger partial charge in [0.15, 0.2) is 0 Å². The molecule has 1 aliphatic rings. The second-order valence-electron chi connectivity index (χ2n) is 5.37. The third-order valence-corrected chi connectivity index (χ3v) is 4.63. The van der Waals surface area contributed by atoms with Crippen molar-refractivity contribution >= 4 is 10.9 Å². The lowest BCUT2D eigenvalue weighted by atomic mass is 9.63. The van der Waals surface area contributed by atoms with Crippen molar-refractivity contribution < 1.29 is 0 Å². The predicted molar refractivity (Wildman–Crippen MR) is 72.2 cm³/mol. The Kier molecular flexibility index (Phi) is 2.30. The van der Waals surface area contributed by atoms with Crippen LogP contribution in [0.1, 0.15) is 30.5 Å². The van der Waals surface area contributed by atoms with Gasteiger partial charge in [-0.05, 0) is 31.4 Å². The van der Waals surface area contributed by atoms with Gasteiger partial charge in [0, 0.05) is 35.6 Å². The fourth-order valence-corrected chi connectivity index (χ4v) is 3.35. The summed E-state index contributed by atoms with van der Waals surface area (Å²) in [6.45, 7) is 3.01. The summed E-state index contributed by atoms with van der Waals surface area (Å²) >= 11 is 0. The summed E-state index contributed by atoms with van der Waals surface area (Å²) in [7, 11) is 2.16. The highest BCUT2D eigenvalue weighted by molar-refractivity contribution is 5.86. The largest absolute Gasteiger partial charge is 0.348 e. The number of para-hydroxylation sites is 1. The van der Waals surface area contributed by atoms with Crippen molar-refractivity contribution in [2.75, 3.05) is 6.54 Å². The summed E-state index contributed by atoms with van der Waals surface area (Å²) in [4.78, 5) is 0. The molecule has 0 spiro atoms. The molecular weight excluding hydrogens is 208 g/mol. The van der Waals surface area contributed by atoms with Crippen molar-refractivity contribution in [2.24, 2.45) is 12.8 Å². The van der Waals surface area contributed by atoms with Gasteiger partial charge < -0.3 is 10.3 Å². The zero-order valence-electron chi connectivity index (χ0n) is 10.7. The van der Waals surface area contributed by atoms with E-state index in [0.29, 0.717) is 0 Å². The van der Waals surface area contributed by atoms with Gasteiger partial charge in [-0.2, -0.15) is 0 Å². The standard InChI is InChI=1S/C15H20N2/c1-11-14(15(10-16)8-5-9-15)12-6-3-4-7-13(12)17(11)2/h3-4,6-7H,5,8-10,16H2,1-2H3. The molecule has 0 aliphatic heterocycles. The van der Waals surface area contributed by atoms with Crippen LogP contribution in [0.4, 0.5) is 0 Å². The summed E-state index contributed by atoms with van der Waals surface area (Å²) in [6, 6.07) is 8.69. The molecule has 17 heavy (non-hydrogen) atoms. The third-order valence-electron chi connectivity index (χ3n) is 4.63. The van der Waals surface area contributed by atoms with Crippen molar-refractivity contribution in [3.05, 3.63) is 35.5 Å². The van der Waals surface area contributed by atoms with Crippen LogP contribution in [0.25, 0.3) is 10.9 Å². The lowest BCUT2D eigenvalue weighted by Gasteiger charge is -2.41. The Morgan fingerprint density at radius 3 is 2.59 bits per heavy atom. The lowest BCUT2D eigenvalue weighted by molar-refractivity contribution is 0.253. The molecule has 1 aliphatic carbocycles. The summed E-state index contributed by atoms with van der Waals surface area (Å²) < 4.78 is 2.31. The van der Waals surface area contributed by atoms with Gasteiger partial charge in [0.2, 0.25) is 0 Å². The number of hydrogen-bond donors (Lipinski definition) is 1. The van der Waals surface area contributed by atoms with E-state index in [0.717, 1.165) is 6.54 Å². The smallest absolute Gasteiger partial charge is 0.0482 e. The zero-order valence-corrected chi connectivity index (χ0v) is 10.7. The molecule has 2 heteroatoms. The second kappa shape index (κ2) is 3.61. The van der Waals surface area contributed by atoms with Gasteiger partial charge >= 0.3 is 0 Å². The van der Waals surface area contributed by atoms with Crippen LogP contribution in [-0.4, -0.2) is 11.1 Å². The van der Waals surface area contributed by atoms with Gasteiger partial charge in [-0.25, -0.2) is 0 Å². The molecule has 2 N–H and O–H groups in total. The van der Waals surface area contributed by atoms with Crippen LogP contribution in [-0.2, 0) is 12.5 Å². The molecule has 0 radical (unpaired) electrons. The van der Waals surface area contributed by atoms with Crippen LogP contribution in [0.3, 0.4) is 0 Å². The molecule has 1 heterocycles. The number of benzene rings is 1. The topological polar surface area (TPSA) is 30.9 Å². The van der Waals surface area contributed by atoms with Gasteiger partial charge in [0.05, 0.1) is 0 Å². The highest BCUT2D eigenvalue weighted by atomic mass is 14.9. The molecule has 1 saturated carbocycles. The number of nitrogens with zero attached hydrogens (tertiary/aromatic N) is 1. The summed E-state index contributed by atoms with van der Waals surface area (Å²) in [5, 5.41) is 1.40. The number of fused-ring (bicyclic) bond motifs is 1. The quantitative estimate of drug-likeness (QED) is 0.842. The highest BCUT2D eigenvalue weighted by Gasteiger charge is 2.40. The van der Waals surface area contributed by atoms with Gasteiger partial charge in [0.1, 0.15) is 0 Å². The van der Waals surface area contributed by atoms with Crippen LogP contribution < -0.4 is 5.73 Å². The molecule has 1 aromatic carbocycles. The van der Waals surface area contributed by atoms with E-state index in [4.69, 9.17) is 5.73 Å². The van der Waals surface area contributed by atoms with Crippen LogP contribution >= 0.6 is 0 Å². The van der Waals surface area contributed by atoms with Gasteiger partial charge in [-0.15, -0.1) is 0 Å². The molecule has 90 valence electrons. The molecule has 0 amide bonds. The van der Waals surface area contributed by atoms with E-state index in [2.05, 4.69) is 42.8 Å². The molecule has 3 rings (SSSR count).